The van der Waals surface area contributed by atoms with Gasteiger partial charge in [0.2, 0.25) is 0 Å². The van der Waals surface area contributed by atoms with Gasteiger partial charge in [0, 0.05) is 32.2 Å². The van der Waals surface area contributed by atoms with Gasteiger partial charge < -0.3 is 10.2 Å². The van der Waals surface area contributed by atoms with Gasteiger partial charge in [0.1, 0.15) is 0 Å². The number of benzene rings is 1. The first-order valence-electron chi connectivity index (χ1n) is 5.34. The van der Waals surface area contributed by atoms with E-state index >= 15 is 0 Å². The van der Waals surface area contributed by atoms with Crippen molar-refractivity contribution in [1.29, 1.82) is 0 Å². The first kappa shape index (κ1) is 12.8. The number of nitrogens with zero attached hydrogens (tertiary/aromatic N) is 2. The van der Waals surface area contributed by atoms with Crippen LogP contribution in [0.1, 0.15) is 12.5 Å². The van der Waals surface area contributed by atoms with Crippen LogP contribution >= 0.6 is 11.6 Å². The molecule has 1 aromatic rings. The molecular weight excluding hydrogens is 222 g/mol. The Kier molecular flexibility index (Phi) is 5.12. The second-order valence-corrected chi connectivity index (χ2v) is 3.93. The molecule has 1 N–H and O–H groups in total. The molecule has 88 valence electrons. The van der Waals surface area contributed by atoms with Gasteiger partial charge in [0.05, 0.1) is 0 Å². The topological polar surface area (TPSA) is 27.6 Å². The fourth-order valence-corrected chi connectivity index (χ4v) is 1.70. The predicted octanol–water partition coefficient (Wildman–Crippen LogP) is 2.37. The average molecular weight is 240 g/mol. The van der Waals surface area contributed by atoms with Crippen LogP contribution in [0.2, 0.25) is 5.02 Å². The standard InChI is InChI=1S/C12H18ClN3/c1-4-15-12(14-2)16(3)9-10-7-5-6-8-11(10)13/h5-8H,4,9H2,1-3H3,(H,14,15). The maximum Gasteiger partial charge on any atom is 0.193 e. The normalized spacial score (nSPS) is 11.4. The zero-order valence-electron chi connectivity index (χ0n) is 10.00. The monoisotopic (exact) mass is 239 g/mol. The van der Waals surface area contributed by atoms with Crippen molar-refractivity contribution in [3.05, 3.63) is 34.9 Å². The third-order valence-corrected chi connectivity index (χ3v) is 2.64. The molecule has 0 atom stereocenters. The number of nitrogens with one attached hydrogen (secondary N) is 1. The number of rotatable bonds is 3. The Morgan fingerprint density at radius 2 is 2.12 bits per heavy atom. The van der Waals surface area contributed by atoms with E-state index in [0.717, 1.165) is 29.6 Å². The van der Waals surface area contributed by atoms with E-state index in [1.165, 1.54) is 0 Å². The van der Waals surface area contributed by atoms with E-state index in [-0.39, 0.29) is 0 Å². The van der Waals surface area contributed by atoms with Crippen molar-refractivity contribution in [2.75, 3.05) is 20.6 Å². The fourth-order valence-electron chi connectivity index (χ4n) is 1.50. The van der Waals surface area contributed by atoms with Gasteiger partial charge >= 0.3 is 0 Å². The second-order valence-electron chi connectivity index (χ2n) is 3.53. The molecule has 4 heteroatoms. The summed E-state index contributed by atoms with van der Waals surface area (Å²) in [6, 6.07) is 7.86. The highest BCUT2D eigenvalue weighted by Crippen LogP contribution is 2.16. The summed E-state index contributed by atoms with van der Waals surface area (Å²) in [4.78, 5) is 6.24. The SMILES string of the molecule is CCNC(=NC)N(C)Cc1ccccc1Cl. The fraction of sp³-hybridized carbons (Fsp3) is 0.417. The van der Waals surface area contributed by atoms with Crippen LogP contribution in [0, 0.1) is 0 Å². The van der Waals surface area contributed by atoms with Crippen LogP contribution in [0.15, 0.2) is 29.3 Å². The van der Waals surface area contributed by atoms with Gasteiger partial charge in [-0.2, -0.15) is 0 Å². The molecule has 0 spiro atoms. The minimum atomic E-state index is 0.749. The second kappa shape index (κ2) is 6.38. The quantitative estimate of drug-likeness (QED) is 0.648. The predicted molar refractivity (Wildman–Crippen MR) is 70.0 cm³/mol. The summed E-state index contributed by atoms with van der Waals surface area (Å²) in [7, 11) is 3.77. The van der Waals surface area contributed by atoms with Crippen molar-refractivity contribution in [2.45, 2.75) is 13.5 Å². The Labute approximate surface area is 102 Å². The lowest BCUT2D eigenvalue weighted by atomic mass is 10.2. The van der Waals surface area contributed by atoms with Gasteiger partial charge in [-0.05, 0) is 18.6 Å². The molecule has 0 unspecified atom stereocenters. The molecule has 16 heavy (non-hydrogen) atoms. The molecule has 0 aliphatic rings. The molecule has 0 saturated carbocycles. The van der Waals surface area contributed by atoms with Gasteiger partial charge in [0.15, 0.2) is 5.96 Å². The highest BCUT2D eigenvalue weighted by molar-refractivity contribution is 6.31. The van der Waals surface area contributed by atoms with Crippen molar-refractivity contribution < 1.29 is 0 Å². The lowest BCUT2D eigenvalue weighted by molar-refractivity contribution is 0.479. The zero-order valence-corrected chi connectivity index (χ0v) is 10.8. The number of hydrogen-bond donors (Lipinski definition) is 1. The van der Waals surface area contributed by atoms with Crippen molar-refractivity contribution >= 4 is 17.6 Å². The summed E-state index contributed by atoms with van der Waals surface area (Å²) in [5.41, 5.74) is 1.10. The average Bonchev–Trinajstić information content (AvgIpc) is 2.29. The molecule has 0 heterocycles. The maximum absolute atomic E-state index is 6.11. The first-order valence-corrected chi connectivity index (χ1v) is 5.72. The van der Waals surface area contributed by atoms with Crippen LogP contribution < -0.4 is 5.32 Å². The number of aliphatic imine (C=N–C) groups is 1. The molecule has 0 radical (unpaired) electrons. The molecule has 0 saturated heterocycles. The number of guanidine groups is 1. The summed E-state index contributed by atoms with van der Waals surface area (Å²) in [5, 5.41) is 4.00. The molecule has 0 amide bonds. The molecule has 0 aromatic heterocycles. The molecule has 0 aliphatic carbocycles. The molecular formula is C12H18ClN3. The van der Waals surface area contributed by atoms with E-state index < -0.39 is 0 Å². The van der Waals surface area contributed by atoms with Gasteiger partial charge in [0.25, 0.3) is 0 Å². The zero-order chi connectivity index (χ0) is 12.0. The summed E-state index contributed by atoms with van der Waals surface area (Å²) >= 11 is 6.11. The highest BCUT2D eigenvalue weighted by Gasteiger charge is 2.07. The van der Waals surface area contributed by atoms with Gasteiger partial charge in [-0.1, -0.05) is 29.8 Å². The van der Waals surface area contributed by atoms with E-state index in [4.69, 9.17) is 11.6 Å². The minimum Gasteiger partial charge on any atom is -0.357 e. The molecule has 0 aliphatic heterocycles. The molecule has 0 fully saturated rings. The Balaban J connectivity index is 2.70. The van der Waals surface area contributed by atoms with Crippen molar-refractivity contribution in [2.24, 2.45) is 4.99 Å². The van der Waals surface area contributed by atoms with E-state index in [2.05, 4.69) is 17.2 Å². The number of hydrogen-bond acceptors (Lipinski definition) is 1. The highest BCUT2D eigenvalue weighted by atomic mass is 35.5. The van der Waals surface area contributed by atoms with Gasteiger partial charge in [-0.15, -0.1) is 0 Å². The lowest BCUT2D eigenvalue weighted by Crippen LogP contribution is -2.38. The molecule has 3 nitrogen and oxygen atoms in total. The van der Waals surface area contributed by atoms with E-state index in [1.54, 1.807) is 7.05 Å². The maximum atomic E-state index is 6.11. The van der Waals surface area contributed by atoms with Crippen LogP contribution in [0.25, 0.3) is 0 Å². The summed E-state index contributed by atoms with van der Waals surface area (Å²) < 4.78 is 0. The molecule has 1 rings (SSSR count). The molecule has 0 bridgehead atoms. The number of halogens is 1. The third kappa shape index (κ3) is 3.42. The largest absolute Gasteiger partial charge is 0.357 e. The van der Waals surface area contributed by atoms with Crippen LogP contribution in [0.5, 0.6) is 0 Å². The lowest BCUT2D eigenvalue weighted by Gasteiger charge is -2.22. The first-order chi connectivity index (χ1) is 7.69. The van der Waals surface area contributed by atoms with Crippen LogP contribution in [-0.4, -0.2) is 31.5 Å². The molecule has 1 aromatic carbocycles. The summed E-state index contributed by atoms with van der Waals surface area (Å²) in [5.74, 6) is 0.877. The Morgan fingerprint density at radius 3 is 2.69 bits per heavy atom. The summed E-state index contributed by atoms with van der Waals surface area (Å²) in [6.45, 7) is 3.66. The Morgan fingerprint density at radius 1 is 1.44 bits per heavy atom. The van der Waals surface area contributed by atoms with E-state index in [0.29, 0.717) is 0 Å². The van der Waals surface area contributed by atoms with E-state index in [1.807, 2.05) is 36.2 Å². The van der Waals surface area contributed by atoms with E-state index in [9.17, 15) is 0 Å². The van der Waals surface area contributed by atoms with Crippen molar-refractivity contribution in [3.8, 4) is 0 Å². The third-order valence-electron chi connectivity index (χ3n) is 2.27. The van der Waals surface area contributed by atoms with Crippen molar-refractivity contribution in [3.63, 3.8) is 0 Å². The Hall–Kier alpha value is -1.22. The smallest absolute Gasteiger partial charge is 0.193 e. The Bertz CT molecular complexity index is 363. The van der Waals surface area contributed by atoms with Crippen LogP contribution in [0.3, 0.4) is 0 Å². The van der Waals surface area contributed by atoms with Crippen LogP contribution in [-0.2, 0) is 6.54 Å². The van der Waals surface area contributed by atoms with Crippen molar-refractivity contribution in [1.82, 2.24) is 10.2 Å². The minimum absolute atomic E-state index is 0.749. The van der Waals surface area contributed by atoms with Crippen LogP contribution in [0.4, 0.5) is 0 Å². The van der Waals surface area contributed by atoms with Gasteiger partial charge in [-0.3, -0.25) is 4.99 Å². The summed E-state index contributed by atoms with van der Waals surface area (Å²) in [6.07, 6.45) is 0. The van der Waals surface area contributed by atoms with Gasteiger partial charge in [-0.25, -0.2) is 0 Å².